The summed E-state index contributed by atoms with van der Waals surface area (Å²) in [6, 6.07) is 9.22. The van der Waals surface area contributed by atoms with Gasteiger partial charge in [-0.25, -0.2) is 0 Å². The number of phenols is 1. The van der Waals surface area contributed by atoms with Crippen LogP contribution in [0.25, 0.3) is 0 Å². The number of carbonyl (C=O) groups is 1. The zero-order valence-corrected chi connectivity index (χ0v) is 12.8. The summed E-state index contributed by atoms with van der Waals surface area (Å²) in [5.41, 5.74) is 1.10. The van der Waals surface area contributed by atoms with E-state index in [2.05, 4.69) is 16.3 Å². The number of hydrogen-bond acceptors (Lipinski definition) is 4. The van der Waals surface area contributed by atoms with Crippen LogP contribution >= 0.6 is 0 Å². The Kier molecular flexibility index (Phi) is 6.23. The molecule has 1 aromatic rings. The van der Waals surface area contributed by atoms with E-state index in [0.717, 1.165) is 44.5 Å². The van der Waals surface area contributed by atoms with Gasteiger partial charge in [0, 0.05) is 25.4 Å². The number of nitrogens with one attached hydrogen (secondary N) is 1. The second-order valence-corrected chi connectivity index (χ2v) is 5.73. The van der Waals surface area contributed by atoms with Crippen molar-refractivity contribution in [2.24, 2.45) is 5.92 Å². The minimum atomic E-state index is 0.0955. The van der Waals surface area contributed by atoms with Crippen LogP contribution in [0.3, 0.4) is 0 Å². The number of amides is 1. The van der Waals surface area contributed by atoms with Crippen LogP contribution in [0.4, 0.5) is 0 Å². The molecule has 0 aliphatic carbocycles. The summed E-state index contributed by atoms with van der Waals surface area (Å²) in [5.74, 6) is 0.493. The Morgan fingerprint density at radius 3 is 2.64 bits per heavy atom. The lowest BCUT2D eigenvalue weighted by molar-refractivity contribution is -0.126. The molecule has 1 fully saturated rings. The number of nitrogens with zero attached hydrogens (tertiary/aromatic N) is 2. The third-order valence-corrected chi connectivity index (χ3v) is 4.15. The number of aromatic hydroxyl groups is 1. The maximum absolute atomic E-state index is 12.1. The molecule has 118 valence electrons. The highest BCUT2D eigenvalue weighted by Crippen LogP contribution is 2.17. The standard InChI is InChI=1S/C17H23N3O2/c18-9-1-11-20-12-7-15(8-13-20)17(22)19-10-6-14-2-4-16(21)5-3-14/h2-5,15,21H,1,6-8,10-13H2,(H,19,22). The van der Waals surface area contributed by atoms with Crippen LogP contribution in [0.2, 0.25) is 0 Å². The fourth-order valence-electron chi connectivity index (χ4n) is 2.76. The third-order valence-electron chi connectivity index (χ3n) is 4.15. The van der Waals surface area contributed by atoms with Gasteiger partial charge in [0.2, 0.25) is 5.91 Å². The number of benzene rings is 1. The molecule has 1 saturated heterocycles. The summed E-state index contributed by atoms with van der Waals surface area (Å²) in [5, 5.41) is 20.8. The van der Waals surface area contributed by atoms with Gasteiger partial charge >= 0.3 is 0 Å². The molecule has 2 N–H and O–H groups in total. The van der Waals surface area contributed by atoms with E-state index in [0.29, 0.717) is 13.0 Å². The van der Waals surface area contributed by atoms with Gasteiger partial charge in [-0.15, -0.1) is 0 Å². The van der Waals surface area contributed by atoms with Gasteiger partial charge in [-0.2, -0.15) is 5.26 Å². The number of hydrogen-bond donors (Lipinski definition) is 2. The lowest BCUT2D eigenvalue weighted by atomic mass is 9.95. The first kappa shape index (κ1) is 16.3. The Morgan fingerprint density at radius 1 is 1.32 bits per heavy atom. The van der Waals surface area contributed by atoms with Crippen LogP contribution in [-0.2, 0) is 11.2 Å². The molecule has 0 atom stereocenters. The fourth-order valence-corrected chi connectivity index (χ4v) is 2.76. The smallest absolute Gasteiger partial charge is 0.223 e. The molecule has 0 saturated carbocycles. The molecular weight excluding hydrogens is 278 g/mol. The molecule has 0 unspecified atom stereocenters. The number of piperidine rings is 1. The molecule has 0 aromatic heterocycles. The van der Waals surface area contributed by atoms with Crippen LogP contribution in [0.15, 0.2) is 24.3 Å². The molecule has 2 rings (SSSR count). The molecule has 5 nitrogen and oxygen atoms in total. The molecule has 1 aliphatic rings. The minimum absolute atomic E-state index is 0.0955. The zero-order valence-electron chi connectivity index (χ0n) is 12.8. The van der Waals surface area contributed by atoms with Crippen molar-refractivity contribution in [2.45, 2.75) is 25.7 Å². The lowest BCUT2D eigenvalue weighted by Gasteiger charge is -2.30. The predicted molar refractivity (Wildman–Crippen MR) is 84.2 cm³/mol. The van der Waals surface area contributed by atoms with Crippen molar-refractivity contribution in [3.63, 3.8) is 0 Å². The van der Waals surface area contributed by atoms with Crippen LogP contribution in [-0.4, -0.2) is 42.1 Å². The van der Waals surface area contributed by atoms with Gasteiger partial charge in [0.15, 0.2) is 0 Å². The van der Waals surface area contributed by atoms with E-state index in [1.54, 1.807) is 12.1 Å². The van der Waals surface area contributed by atoms with Crippen molar-refractivity contribution in [3.05, 3.63) is 29.8 Å². The average molecular weight is 301 g/mol. The SMILES string of the molecule is N#CCCN1CCC(C(=O)NCCc2ccc(O)cc2)CC1. The molecule has 1 aromatic carbocycles. The van der Waals surface area contributed by atoms with E-state index in [1.165, 1.54) is 0 Å². The quantitative estimate of drug-likeness (QED) is 0.838. The first-order valence-electron chi connectivity index (χ1n) is 7.84. The summed E-state index contributed by atoms with van der Waals surface area (Å²) in [4.78, 5) is 14.4. The second-order valence-electron chi connectivity index (χ2n) is 5.73. The predicted octanol–water partition coefficient (Wildman–Crippen LogP) is 1.68. The number of carbonyl (C=O) groups excluding carboxylic acids is 1. The average Bonchev–Trinajstić information content (AvgIpc) is 2.55. The molecule has 0 bridgehead atoms. The van der Waals surface area contributed by atoms with Crippen molar-refractivity contribution in [3.8, 4) is 11.8 Å². The first-order chi connectivity index (χ1) is 10.7. The second kappa shape index (κ2) is 8.40. The van der Waals surface area contributed by atoms with Crippen LogP contribution in [0, 0.1) is 17.2 Å². The van der Waals surface area contributed by atoms with E-state index in [4.69, 9.17) is 5.26 Å². The molecule has 1 aliphatic heterocycles. The van der Waals surface area contributed by atoms with Gasteiger partial charge in [-0.05, 0) is 50.0 Å². The third kappa shape index (κ3) is 5.05. The molecule has 0 radical (unpaired) electrons. The monoisotopic (exact) mass is 301 g/mol. The van der Waals surface area contributed by atoms with Crippen molar-refractivity contribution in [1.29, 1.82) is 5.26 Å². The van der Waals surface area contributed by atoms with Gasteiger partial charge in [-0.1, -0.05) is 12.1 Å². The largest absolute Gasteiger partial charge is 0.508 e. The Morgan fingerprint density at radius 2 is 2.00 bits per heavy atom. The normalized spacial score (nSPS) is 16.1. The Labute approximate surface area is 131 Å². The van der Waals surface area contributed by atoms with Gasteiger partial charge in [-0.3, -0.25) is 4.79 Å². The number of phenolic OH excluding ortho intramolecular Hbond substituents is 1. The molecule has 0 spiro atoms. The van der Waals surface area contributed by atoms with Crippen molar-refractivity contribution in [1.82, 2.24) is 10.2 Å². The van der Waals surface area contributed by atoms with Crippen LogP contribution < -0.4 is 5.32 Å². The van der Waals surface area contributed by atoms with Crippen LogP contribution in [0.5, 0.6) is 5.75 Å². The van der Waals surface area contributed by atoms with E-state index in [1.807, 2.05) is 12.1 Å². The van der Waals surface area contributed by atoms with Crippen molar-refractivity contribution < 1.29 is 9.90 Å². The van der Waals surface area contributed by atoms with E-state index >= 15 is 0 Å². The fraction of sp³-hybridized carbons (Fsp3) is 0.529. The number of nitriles is 1. The summed E-state index contributed by atoms with van der Waals surface area (Å²) >= 11 is 0. The zero-order chi connectivity index (χ0) is 15.8. The highest BCUT2D eigenvalue weighted by molar-refractivity contribution is 5.78. The maximum atomic E-state index is 12.1. The maximum Gasteiger partial charge on any atom is 0.223 e. The topological polar surface area (TPSA) is 76.4 Å². The van der Waals surface area contributed by atoms with E-state index < -0.39 is 0 Å². The molecule has 1 heterocycles. The van der Waals surface area contributed by atoms with Gasteiger partial charge in [0.25, 0.3) is 0 Å². The highest BCUT2D eigenvalue weighted by atomic mass is 16.3. The van der Waals surface area contributed by atoms with Crippen molar-refractivity contribution >= 4 is 5.91 Å². The Balaban J connectivity index is 1.66. The number of likely N-dealkylation sites (tertiary alicyclic amines) is 1. The summed E-state index contributed by atoms with van der Waals surface area (Å²) in [6.07, 6.45) is 3.07. The van der Waals surface area contributed by atoms with E-state index in [9.17, 15) is 9.90 Å². The molecule has 5 heteroatoms. The first-order valence-corrected chi connectivity index (χ1v) is 7.84. The van der Waals surface area contributed by atoms with Gasteiger partial charge < -0.3 is 15.3 Å². The Bertz CT molecular complexity index is 514. The van der Waals surface area contributed by atoms with Crippen molar-refractivity contribution in [2.75, 3.05) is 26.2 Å². The summed E-state index contributed by atoms with van der Waals surface area (Å²) in [6.45, 7) is 3.24. The Hall–Kier alpha value is -2.06. The minimum Gasteiger partial charge on any atom is -0.508 e. The van der Waals surface area contributed by atoms with E-state index in [-0.39, 0.29) is 17.6 Å². The van der Waals surface area contributed by atoms with Gasteiger partial charge in [0.05, 0.1) is 6.07 Å². The number of rotatable bonds is 6. The van der Waals surface area contributed by atoms with Gasteiger partial charge in [0.1, 0.15) is 5.75 Å². The lowest BCUT2D eigenvalue weighted by Crippen LogP contribution is -2.41. The summed E-state index contributed by atoms with van der Waals surface area (Å²) < 4.78 is 0. The molecule has 1 amide bonds. The summed E-state index contributed by atoms with van der Waals surface area (Å²) in [7, 11) is 0. The highest BCUT2D eigenvalue weighted by Gasteiger charge is 2.24. The molecular formula is C17H23N3O2. The molecule has 22 heavy (non-hydrogen) atoms. The van der Waals surface area contributed by atoms with Crippen LogP contribution in [0.1, 0.15) is 24.8 Å².